The third kappa shape index (κ3) is 5.65. The summed E-state index contributed by atoms with van der Waals surface area (Å²) in [6.07, 6.45) is -5.30. The predicted octanol–water partition coefficient (Wildman–Crippen LogP) is 3.87. The Balaban J connectivity index is 1.61. The van der Waals surface area contributed by atoms with Crippen molar-refractivity contribution in [2.75, 3.05) is 32.7 Å². The summed E-state index contributed by atoms with van der Waals surface area (Å²) in [5.41, 5.74) is 0.992. The first kappa shape index (κ1) is 23.7. The minimum atomic E-state index is -4.60. The first-order chi connectivity index (χ1) is 14.5. The van der Waals surface area contributed by atoms with Crippen LogP contribution in [-0.2, 0) is 16.2 Å². The van der Waals surface area contributed by atoms with Crippen molar-refractivity contribution in [2.24, 2.45) is 0 Å². The van der Waals surface area contributed by atoms with Crippen molar-refractivity contribution in [2.45, 2.75) is 36.9 Å². The lowest BCUT2D eigenvalue weighted by Crippen LogP contribution is -2.49. The molecule has 1 N–H and O–H groups in total. The Bertz CT molecular complexity index is 984. The van der Waals surface area contributed by atoms with Gasteiger partial charge in [0.25, 0.3) is 0 Å². The minimum Gasteiger partial charge on any atom is -0.387 e. The van der Waals surface area contributed by atoms with E-state index in [2.05, 4.69) is 13.8 Å². The molecular formula is C22H27F3N2O3S. The molecule has 0 aromatic heterocycles. The van der Waals surface area contributed by atoms with Gasteiger partial charge in [0.2, 0.25) is 10.0 Å². The molecule has 1 fully saturated rings. The fourth-order valence-electron chi connectivity index (χ4n) is 3.59. The van der Waals surface area contributed by atoms with E-state index in [4.69, 9.17) is 0 Å². The van der Waals surface area contributed by atoms with E-state index in [9.17, 15) is 26.7 Å². The van der Waals surface area contributed by atoms with E-state index >= 15 is 0 Å². The zero-order valence-corrected chi connectivity index (χ0v) is 18.3. The van der Waals surface area contributed by atoms with Crippen LogP contribution in [0.15, 0.2) is 53.4 Å². The zero-order valence-electron chi connectivity index (χ0n) is 17.5. The molecule has 1 saturated heterocycles. The zero-order chi connectivity index (χ0) is 22.8. The fraction of sp³-hybridized carbons (Fsp3) is 0.455. The highest BCUT2D eigenvalue weighted by atomic mass is 32.2. The van der Waals surface area contributed by atoms with Gasteiger partial charge in [-0.25, -0.2) is 8.42 Å². The number of benzene rings is 2. The van der Waals surface area contributed by atoms with E-state index in [0.29, 0.717) is 31.6 Å². The Hall–Kier alpha value is -1.94. The summed E-state index contributed by atoms with van der Waals surface area (Å²) in [7, 11) is -4.02. The largest absolute Gasteiger partial charge is 0.416 e. The Kier molecular flexibility index (Phi) is 7.10. The highest BCUT2D eigenvalue weighted by Gasteiger charge is 2.34. The number of aliphatic hydroxyl groups is 1. The number of hydrogen-bond acceptors (Lipinski definition) is 4. The number of piperazine rings is 1. The van der Waals surface area contributed by atoms with Gasteiger partial charge in [-0.15, -0.1) is 0 Å². The second-order valence-electron chi connectivity index (χ2n) is 8.07. The monoisotopic (exact) mass is 456 g/mol. The van der Waals surface area contributed by atoms with Gasteiger partial charge in [-0.05, 0) is 35.2 Å². The quantitative estimate of drug-likeness (QED) is 0.717. The number of alkyl halides is 3. The van der Waals surface area contributed by atoms with Crippen LogP contribution in [0, 0.1) is 0 Å². The summed E-state index contributed by atoms with van der Waals surface area (Å²) in [5.74, 6) is 0.401. The molecule has 0 radical (unpaired) electrons. The second kappa shape index (κ2) is 9.28. The molecule has 1 atom stereocenters. The summed E-state index contributed by atoms with van der Waals surface area (Å²) in [4.78, 5) is 1.60. The lowest BCUT2D eigenvalue weighted by molar-refractivity contribution is -0.137. The van der Waals surface area contributed by atoms with Crippen LogP contribution in [0.5, 0.6) is 0 Å². The third-order valence-electron chi connectivity index (χ3n) is 5.55. The van der Waals surface area contributed by atoms with Gasteiger partial charge in [0, 0.05) is 32.7 Å². The minimum absolute atomic E-state index is 0.150. The van der Waals surface area contributed by atoms with Gasteiger partial charge < -0.3 is 5.11 Å². The van der Waals surface area contributed by atoms with Crippen molar-refractivity contribution >= 4 is 10.0 Å². The molecule has 5 nitrogen and oxygen atoms in total. The highest BCUT2D eigenvalue weighted by Crippen LogP contribution is 2.31. The molecule has 0 saturated carbocycles. The maximum Gasteiger partial charge on any atom is 0.416 e. The number of nitrogens with zero attached hydrogens (tertiary/aromatic N) is 2. The number of sulfonamides is 1. The van der Waals surface area contributed by atoms with Gasteiger partial charge in [-0.3, -0.25) is 4.90 Å². The maximum absolute atomic E-state index is 12.9. The van der Waals surface area contributed by atoms with Crippen LogP contribution in [0.2, 0.25) is 0 Å². The van der Waals surface area contributed by atoms with Gasteiger partial charge in [-0.2, -0.15) is 17.5 Å². The molecule has 0 amide bonds. The van der Waals surface area contributed by atoms with E-state index in [1.165, 1.54) is 15.9 Å². The molecule has 31 heavy (non-hydrogen) atoms. The number of halogens is 3. The van der Waals surface area contributed by atoms with Crippen molar-refractivity contribution < 1.29 is 26.7 Å². The molecule has 9 heteroatoms. The number of hydrogen-bond donors (Lipinski definition) is 1. The highest BCUT2D eigenvalue weighted by molar-refractivity contribution is 7.89. The Labute approximate surface area is 181 Å². The lowest BCUT2D eigenvalue weighted by Gasteiger charge is -2.35. The van der Waals surface area contributed by atoms with E-state index in [1.807, 2.05) is 29.2 Å². The van der Waals surface area contributed by atoms with Crippen LogP contribution in [0.1, 0.15) is 42.6 Å². The number of aliphatic hydroxyl groups excluding tert-OH is 1. The van der Waals surface area contributed by atoms with Crippen LogP contribution < -0.4 is 0 Å². The molecule has 0 spiro atoms. The average molecular weight is 457 g/mol. The average Bonchev–Trinajstić information content (AvgIpc) is 2.73. The number of β-amino-alcohol motifs (C(OH)–C–C–N with tert-alkyl or cyclic N) is 1. The second-order valence-corrected chi connectivity index (χ2v) is 10.0. The summed E-state index contributed by atoms with van der Waals surface area (Å²) in [6.45, 7) is 5.63. The summed E-state index contributed by atoms with van der Waals surface area (Å²) in [5, 5.41) is 10.5. The van der Waals surface area contributed by atoms with Crippen molar-refractivity contribution in [1.82, 2.24) is 9.21 Å². The lowest BCUT2D eigenvalue weighted by atomic mass is 10.00. The Morgan fingerprint density at radius 2 is 1.55 bits per heavy atom. The van der Waals surface area contributed by atoms with Gasteiger partial charge in [-0.1, -0.05) is 44.2 Å². The van der Waals surface area contributed by atoms with Crippen LogP contribution >= 0.6 is 0 Å². The van der Waals surface area contributed by atoms with E-state index < -0.39 is 27.9 Å². The summed E-state index contributed by atoms with van der Waals surface area (Å²) >= 11 is 0. The molecule has 0 bridgehead atoms. The van der Waals surface area contributed by atoms with Crippen molar-refractivity contribution in [3.05, 3.63) is 65.2 Å². The standard InChI is InChI=1S/C22H27F3N2O3S/c1-16(2)17-6-8-18(9-7-17)21(28)15-26-10-12-27(13-11-26)31(29,30)20-5-3-4-19(14-20)22(23,24)25/h3-9,14,16,21,28H,10-13,15H2,1-2H3/t21-/m1/s1. The van der Waals surface area contributed by atoms with E-state index in [0.717, 1.165) is 17.7 Å². The molecule has 2 aromatic rings. The first-order valence-electron chi connectivity index (χ1n) is 10.2. The molecule has 3 rings (SSSR count). The Morgan fingerprint density at radius 1 is 0.968 bits per heavy atom. The maximum atomic E-state index is 12.9. The van der Waals surface area contributed by atoms with Gasteiger partial charge in [0.1, 0.15) is 0 Å². The molecule has 0 unspecified atom stereocenters. The smallest absolute Gasteiger partial charge is 0.387 e. The fourth-order valence-corrected chi connectivity index (χ4v) is 5.06. The summed E-state index contributed by atoms with van der Waals surface area (Å²) < 4.78 is 65.6. The van der Waals surface area contributed by atoms with Crippen LogP contribution in [-0.4, -0.2) is 55.5 Å². The van der Waals surface area contributed by atoms with Gasteiger partial charge in [0.05, 0.1) is 16.6 Å². The van der Waals surface area contributed by atoms with Crippen LogP contribution in [0.25, 0.3) is 0 Å². The first-order valence-corrected chi connectivity index (χ1v) is 11.6. The van der Waals surface area contributed by atoms with E-state index in [1.54, 1.807) is 0 Å². The predicted molar refractivity (Wildman–Crippen MR) is 112 cm³/mol. The van der Waals surface area contributed by atoms with Gasteiger partial charge in [0.15, 0.2) is 0 Å². The van der Waals surface area contributed by atoms with Crippen LogP contribution in [0.3, 0.4) is 0 Å². The van der Waals surface area contributed by atoms with Crippen molar-refractivity contribution in [1.29, 1.82) is 0 Å². The van der Waals surface area contributed by atoms with Crippen molar-refractivity contribution in [3.8, 4) is 0 Å². The molecule has 1 aliphatic rings. The molecule has 0 aliphatic carbocycles. The van der Waals surface area contributed by atoms with Gasteiger partial charge >= 0.3 is 6.18 Å². The van der Waals surface area contributed by atoms with E-state index in [-0.39, 0.29) is 18.0 Å². The normalized spacial score (nSPS) is 17.8. The Morgan fingerprint density at radius 3 is 2.10 bits per heavy atom. The molecule has 2 aromatic carbocycles. The number of rotatable bonds is 6. The molecule has 1 aliphatic heterocycles. The molecular weight excluding hydrogens is 429 g/mol. The summed E-state index contributed by atoms with van der Waals surface area (Å²) in [6, 6.07) is 11.6. The third-order valence-corrected chi connectivity index (χ3v) is 7.44. The van der Waals surface area contributed by atoms with Crippen LogP contribution in [0.4, 0.5) is 13.2 Å². The topological polar surface area (TPSA) is 60.9 Å². The molecule has 1 heterocycles. The molecule has 170 valence electrons. The van der Waals surface area contributed by atoms with Crippen molar-refractivity contribution in [3.63, 3.8) is 0 Å². The SMILES string of the molecule is CC(C)c1ccc([C@H](O)CN2CCN(S(=O)(=O)c3cccc(C(F)(F)F)c3)CC2)cc1.